The number of benzene rings is 3. The Morgan fingerprint density at radius 2 is 1.26 bits per heavy atom. The first-order valence-electron chi connectivity index (χ1n) is 9.31. The maximum absolute atomic E-state index is 12.2. The second kappa shape index (κ2) is 9.84. The van der Waals surface area contributed by atoms with Gasteiger partial charge in [0.2, 0.25) is 5.91 Å². The van der Waals surface area contributed by atoms with Gasteiger partial charge in [0.25, 0.3) is 11.8 Å². The van der Waals surface area contributed by atoms with Crippen LogP contribution in [0.4, 0.5) is 5.69 Å². The minimum Gasteiger partial charge on any atom is -0.478 e. The standard InChI is InChI=1S/C23H19N3O5/c27-20(14-15-6-2-1-3-7-15)24-17-12-10-16(11-13-17)21(28)25-26-22(29)18-8-4-5-9-19(18)23(30)31/h1-13H,14H2,(H,24,27)(H,25,28)(H,26,29)(H,30,31). The van der Waals surface area contributed by atoms with Crippen LogP contribution in [0.3, 0.4) is 0 Å². The fourth-order valence-electron chi connectivity index (χ4n) is 2.81. The maximum atomic E-state index is 12.2. The summed E-state index contributed by atoms with van der Waals surface area (Å²) in [6.07, 6.45) is 0.229. The van der Waals surface area contributed by atoms with Gasteiger partial charge in [-0.2, -0.15) is 0 Å². The summed E-state index contributed by atoms with van der Waals surface area (Å²) in [6, 6.07) is 21.1. The fourth-order valence-corrected chi connectivity index (χ4v) is 2.81. The summed E-state index contributed by atoms with van der Waals surface area (Å²) in [5, 5.41) is 11.9. The van der Waals surface area contributed by atoms with Gasteiger partial charge < -0.3 is 10.4 Å². The van der Waals surface area contributed by atoms with Crippen LogP contribution in [0.15, 0.2) is 78.9 Å². The molecule has 0 heterocycles. The number of hydrogen-bond acceptors (Lipinski definition) is 4. The number of anilines is 1. The number of amides is 3. The number of nitrogens with one attached hydrogen (secondary N) is 3. The lowest BCUT2D eigenvalue weighted by Gasteiger charge is -2.10. The average molecular weight is 417 g/mol. The quantitative estimate of drug-likeness (QED) is 0.459. The van der Waals surface area contributed by atoms with Crippen LogP contribution in [-0.2, 0) is 11.2 Å². The number of hydrogen-bond donors (Lipinski definition) is 4. The third-order valence-electron chi connectivity index (χ3n) is 4.33. The van der Waals surface area contributed by atoms with Crippen molar-refractivity contribution in [3.05, 3.63) is 101 Å². The first-order chi connectivity index (χ1) is 14.9. The minimum atomic E-state index is -1.25. The van der Waals surface area contributed by atoms with Crippen molar-refractivity contribution in [2.45, 2.75) is 6.42 Å². The largest absolute Gasteiger partial charge is 0.478 e. The van der Waals surface area contributed by atoms with Crippen molar-refractivity contribution in [2.75, 3.05) is 5.32 Å². The van der Waals surface area contributed by atoms with E-state index in [4.69, 9.17) is 5.11 Å². The van der Waals surface area contributed by atoms with Crippen molar-refractivity contribution in [3.8, 4) is 0 Å². The average Bonchev–Trinajstić information content (AvgIpc) is 2.78. The van der Waals surface area contributed by atoms with Crippen molar-refractivity contribution in [1.29, 1.82) is 0 Å². The van der Waals surface area contributed by atoms with Gasteiger partial charge >= 0.3 is 5.97 Å². The number of carbonyl (C=O) groups excluding carboxylic acids is 3. The molecule has 3 amide bonds. The van der Waals surface area contributed by atoms with Gasteiger partial charge in [0, 0.05) is 11.3 Å². The molecule has 31 heavy (non-hydrogen) atoms. The molecule has 0 atom stereocenters. The molecular weight excluding hydrogens is 398 g/mol. The van der Waals surface area contributed by atoms with E-state index in [9.17, 15) is 19.2 Å². The van der Waals surface area contributed by atoms with Crippen LogP contribution < -0.4 is 16.2 Å². The van der Waals surface area contributed by atoms with E-state index in [1.165, 1.54) is 36.4 Å². The summed E-state index contributed by atoms with van der Waals surface area (Å²) < 4.78 is 0. The lowest BCUT2D eigenvalue weighted by molar-refractivity contribution is -0.115. The van der Waals surface area contributed by atoms with Crippen LogP contribution in [0.25, 0.3) is 0 Å². The van der Waals surface area contributed by atoms with Crippen molar-refractivity contribution >= 4 is 29.4 Å². The Morgan fingerprint density at radius 3 is 1.90 bits per heavy atom. The molecular formula is C23H19N3O5. The summed E-state index contributed by atoms with van der Waals surface area (Å²) in [5.41, 5.74) is 5.83. The van der Waals surface area contributed by atoms with E-state index in [-0.39, 0.29) is 29.0 Å². The Labute approximate surface area is 177 Å². The maximum Gasteiger partial charge on any atom is 0.336 e. The van der Waals surface area contributed by atoms with E-state index in [1.807, 2.05) is 30.3 Å². The van der Waals surface area contributed by atoms with E-state index in [0.717, 1.165) is 5.56 Å². The molecule has 8 nitrogen and oxygen atoms in total. The third kappa shape index (κ3) is 5.77. The van der Waals surface area contributed by atoms with Gasteiger partial charge in [-0.25, -0.2) is 4.79 Å². The molecule has 8 heteroatoms. The smallest absolute Gasteiger partial charge is 0.336 e. The Bertz CT molecular complexity index is 1110. The van der Waals surface area contributed by atoms with Crippen LogP contribution in [0.2, 0.25) is 0 Å². The number of hydrazine groups is 1. The number of carboxylic acid groups (broad SMARTS) is 1. The highest BCUT2D eigenvalue weighted by Gasteiger charge is 2.16. The molecule has 0 aliphatic heterocycles. The van der Waals surface area contributed by atoms with Crippen LogP contribution >= 0.6 is 0 Å². The molecule has 0 aromatic heterocycles. The molecule has 0 saturated carbocycles. The van der Waals surface area contributed by atoms with Crippen LogP contribution in [-0.4, -0.2) is 28.8 Å². The van der Waals surface area contributed by atoms with Crippen molar-refractivity contribution in [2.24, 2.45) is 0 Å². The van der Waals surface area contributed by atoms with E-state index >= 15 is 0 Å². The molecule has 0 aliphatic rings. The molecule has 0 spiro atoms. The van der Waals surface area contributed by atoms with Gasteiger partial charge in [0.15, 0.2) is 0 Å². The molecule has 3 aromatic carbocycles. The summed E-state index contributed by atoms with van der Waals surface area (Å²) in [7, 11) is 0. The first kappa shape index (κ1) is 21.3. The number of rotatable bonds is 6. The summed E-state index contributed by atoms with van der Waals surface area (Å²) in [6.45, 7) is 0. The lowest BCUT2D eigenvalue weighted by Crippen LogP contribution is -2.42. The SMILES string of the molecule is O=C(Cc1ccccc1)Nc1ccc(C(=O)NNC(=O)c2ccccc2C(=O)O)cc1. The van der Waals surface area contributed by atoms with Crippen LogP contribution in [0.1, 0.15) is 36.6 Å². The highest BCUT2D eigenvalue weighted by molar-refractivity contribution is 6.06. The molecule has 0 radical (unpaired) electrons. The topological polar surface area (TPSA) is 125 Å². The van der Waals surface area contributed by atoms with Gasteiger partial charge in [-0.15, -0.1) is 0 Å². The molecule has 0 unspecified atom stereocenters. The van der Waals surface area contributed by atoms with Crippen molar-refractivity contribution < 1.29 is 24.3 Å². The van der Waals surface area contributed by atoms with E-state index < -0.39 is 17.8 Å². The monoisotopic (exact) mass is 417 g/mol. The molecule has 3 rings (SSSR count). The van der Waals surface area contributed by atoms with Crippen LogP contribution in [0.5, 0.6) is 0 Å². The molecule has 4 N–H and O–H groups in total. The van der Waals surface area contributed by atoms with Crippen LogP contribution in [0, 0.1) is 0 Å². The summed E-state index contributed by atoms with van der Waals surface area (Å²) >= 11 is 0. The van der Waals surface area contributed by atoms with Gasteiger partial charge in [-0.05, 0) is 42.0 Å². The molecule has 0 saturated heterocycles. The Kier molecular flexibility index (Phi) is 6.74. The molecule has 0 bridgehead atoms. The zero-order chi connectivity index (χ0) is 22.2. The van der Waals surface area contributed by atoms with Gasteiger partial charge in [0.1, 0.15) is 0 Å². The second-order valence-corrected chi connectivity index (χ2v) is 6.55. The predicted octanol–water partition coefficient (Wildman–Crippen LogP) is 2.64. The molecule has 0 aliphatic carbocycles. The zero-order valence-corrected chi connectivity index (χ0v) is 16.3. The van der Waals surface area contributed by atoms with Crippen molar-refractivity contribution in [1.82, 2.24) is 10.9 Å². The number of aromatic carboxylic acids is 1. The Hall–Kier alpha value is -4.46. The molecule has 0 fully saturated rings. The fraction of sp³-hybridized carbons (Fsp3) is 0.0435. The summed E-state index contributed by atoms with van der Waals surface area (Å²) in [5.74, 6) is -2.78. The first-order valence-corrected chi connectivity index (χ1v) is 9.31. The van der Waals surface area contributed by atoms with E-state index in [2.05, 4.69) is 16.2 Å². The Balaban J connectivity index is 1.55. The highest BCUT2D eigenvalue weighted by atomic mass is 16.4. The lowest BCUT2D eigenvalue weighted by atomic mass is 10.1. The molecule has 156 valence electrons. The van der Waals surface area contributed by atoms with Crippen molar-refractivity contribution in [3.63, 3.8) is 0 Å². The normalized spacial score (nSPS) is 10.1. The highest BCUT2D eigenvalue weighted by Crippen LogP contribution is 2.11. The van der Waals surface area contributed by atoms with Gasteiger partial charge in [-0.1, -0.05) is 42.5 Å². The Morgan fingerprint density at radius 1 is 0.677 bits per heavy atom. The van der Waals surface area contributed by atoms with E-state index in [1.54, 1.807) is 12.1 Å². The van der Waals surface area contributed by atoms with E-state index in [0.29, 0.717) is 5.69 Å². The molecule has 3 aromatic rings. The van der Waals surface area contributed by atoms with Gasteiger partial charge in [0.05, 0.1) is 17.5 Å². The second-order valence-electron chi connectivity index (χ2n) is 6.55. The number of carboxylic acids is 1. The summed E-state index contributed by atoms with van der Waals surface area (Å²) in [4.78, 5) is 47.7. The minimum absolute atomic E-state index is 0.0771. The zero-order valence-electron chi connectivity index (χ0n) is 16.3. The number of carbonyl (C=O) groups is 4. The third-order valence-corrected chi connectivity index (χ3v) is 4.33. The van der Waals surface area contributed by atoms with Gasteiger partial charge in [-0.3, -0.25) is 25.2 Å². The predicted molar refractivity (Wildman–Crippen MR) is 114 cm³/mol.